The van der Waals surface area contributed by atoms with Crippen LogP contribution in [0.3, 0.4) is 0 Å². The van der Waals surface area contributed by atoms with Gasteiger partial charge in [-0.3, -0.25) is 24.5 Å². The van der Waals surface area contributed by atoms with E-state index in [1.165, 1.54) is 19.1 Å². The summed E-state index contributed by atoms with van der Waals surface area (Å²) in [6.45, 7) is 3.83. The number of hydrogen-bond donors (Lipinski definition) is 2. The third kappa shape index (κ3) is 5.55. The number of amides is 3. The highest BCUT2D eigenvalue weighted by atomic mass is 35.5. The largest absolute Gasteiger partial charge is 0.368 e. The standard InChI is InChI=1S/C24H25Cl2N5O5/c1-15(32)29-8-10-30(11-9-29)17-3-5-21(31(35)36)18(13-17)22(33)28-24(6-7-24)23(34)27-14-16-2-4-19(25)20(26)12-16/h2-5,12-13H,6-11,14H2,1H3,(H,27,34)(H,28,33). The van der Waals surface area contributed by atoms with Crippen LogP contribution in [0.5, 0.6) is 0 Å². The van der Waals surface area contributed by atoms with Crippen molar-refractivity contribution < 1.29 is 19.3 Å². The van der Waals surface area contributed by atoms with Crippen molar-refractivity contribution in [3.8, 4) is 0 Å². The molecule has 1 saturated heterocycles. The zero-order valence-electron chi connectivity index (χ0n) is 19.6. The van der Waals surface area contributed by atoms with Crippen LogP contribution in [-0.4, -0.2) is 59.3 Å². The third-order valence-corrected chi connectivity index (χ3v) is 7.23. The maximum Gasteiger partial charge on any atom is 0.282 e. The van der Waals surface area contributed by atoms with Crippen LogP contribution in [0, 0.1) is 10.1 Å². The van der Waals surface area contributed by atoms with E-state index in [0.29, 0.717) is 54.8 Å². The van der Waals surface area contributed by atoms with Crippen molar-refractivity contribution in [2.24, 2.45) is 0 Å². The van der Waals surface area contributed by atoms with Gasteiger partial charge in [-0.2, -0.15) is 0 Å². The maximum absolute atomic E-state index is 13.2. The number of nitro groups is 1. The molecular weight excluding hydrogens is 509 g/mol. The second-order valence-electron chi connectivity index (χ2n) is 8.92. The second kappa shape index (κ2) is 10.3. The molecule has 4 rings (SSSR count). The van der Waals surface area contributed by atoms with Crippen LogP contribution >= 0.6 is 23.2 Å². The highest BCUT2D eigenvalue weighted by Crippen LogP contribution is 2.37. The molecule has 36 heavy (non-hydrogen) atoms. The van der Waals surface area contributed by atoms with Gasteiger partial charge in [0, 0.05) is 51.4 Å². The monoisotopic (exact) mass is 533 g/mol. The van der Waals surface area contributed by atoms with Crippen molar-refractivity contribution in [2.45, 2.75) is 31.8 Å². The molecule has 0 aromatic heterocycles. The molecule has 1 saturated carbocycles. The average Bonchev–Trinajstić information content (AvgIpc) is 3.64. The van der Waals surface area contributed by atoms with E-state index in [9.17, 15) is 24.5 Å². The van der Waals surface area contributed by atoms with Gasteiger partial charge in [-0.25, -0.2) is 0 Å². The number of piperazine rings is 1. The molecule has 2 fully saturated rings. The van der Waals surface area contributed by atoms with Crippen LogP contribution in [0.1, 0.15) is 35.7 Å². The summed E-state index contributed by atoms with van der Waals surface area (Å²) in [5.74, 6) is -1.07. The molecule has 0 atom stereocenters. The normalized spacial score (nSPS) is 16.3. The molecule has 2 aliphatic rings. The van der Waals surface area contributed by atoms with E-state index in [-0.39, 0.29) is 29.6 Å². The molecule has 2 aromatic carbocycles. The van der Waals surface area contributed by atoms with Gasteiger partial charge >= 0.3 is 0 Å². The first-order valence-electron chi connectivity index (χ1n) is 11.4. The Morgan fingerprint density at radius 3 is 2.31 bits per heavy atom. The van der Waals surface area contributed by atoms with Crippen LogP contribution in [0.25, 0.3) is 0 Å². The Labute approximate surface area is 217 Å². The molecule has 0 spiro atoms. The van der Waals surface area contributed by atoms with Crippen molar-refractivity contribution in [1.29, 1.82) is 0 Å². The Kier molecular flexibility index (Phi) is 7.37. The summed E-state index contributed by atoms with van der Waals surface area (Å²) < 4.78 is 0. The molecule has 12 heteroatoms. The lowest BCUT2D eigenvalue weighted by Gasteiger charge is -2.35. The first kappa shape index (κ1) is 25.7. The lowest BCUT2D eigenvalue weighted by molar-refractivity contribution is -0.385. The van der Waals surface area contributed by atoms with Gasteiger partial charge in [0.25, 0.3) is 11.6 Å². The molecule has 3 amide bonds. The quantitative estimate of drug-likeness (QED) is 0.416. The number of nitrogens with one attached hydrogen (secondary N) is 2. The van der Waals surface area contributed by atoms with Crippen molar-refractivity contribution in [3.63, 3.8) is 0 Å². The minimum absolute atomic E-state index is 0.00872. The molecule has 0 unspecified atom stereocenters. The van der Waals surface area contributed by atoms with Gasteiger partial charge in [-0.1, -0.05) is 29.3 Å². The number of carbonyl (C=O) groups is 3. The summed E-state index contributed by atoms with van der Waals surface area (Å²) in [4.78, 5) is 52.3. The smallest absolute Gasteiger partial charge is 0.282 e. The van der Waals surface area contributed by atoms with Gasteiger partial charge in [0.15, 0.2) is 0 Å². The van der Waals surface area contributed by atoms with Gasteiger partial charge in [0.1, 0.15) is 11.1 Å². The zero-order valence-corrected chi connectivity index (χ0v) is 21.1. The summed E-state index contributed by atoms with van der Waals surface area (Å²) in [6.07, 6.45) is 0.846. The van der Waals surface area contributed by atoms with Crippen LogP contribution in [0.15, 0.2) is 36.4 Å². The van der Waals surface area contributed by atoms with Gasteiger partial charge < -0.3 is 20.4 Å². The van der Waals surface area contributed by atoms with Crippen molar-refractivity contribution in [2.75, 3.05) is 31.1 Å². The minimum Gasteiger partial charge on any atom is -0.368 e. The molecule has 0 bridgehead atoms. The molecule has 1 aliphatic carbocycles. The van der Waals surface area contributed by atoms with E-state index >= 15 is 0 Å². The Morgan fingerprint density at radius 1 is 1.03 bits per heavy atom. The van der Waals surface area contributed by atoms with E-state index in [2.05, 4.69) is 10.6 Å². The molecule has 1 heterocycles. The van der Waals surface area contributed by atoms with Crippen molar-refractivity contribution in [3.05, 3.63) is 67.7 Å². The number of rotatable bonds is 7. The molecule has 190 valence electrons. The number of nitro benzene ring substituents is 1. The fraction of sp³-hybridized carbons (Fsp3) is 0.375. The Hall–Kier alpha value is -3.37. The number of anilines is 1. The predicted molar refractivity (Wildman–Crippen MR) is 135 cm³/mol. The molecule has 2 N–H and O–H groups in total. The fourth-order valence-electron chi connectivity index (χ4n) is 4.16. The Balaban J connectivity index is 1.46. The van der Waals surface area contributed by atoms with E-state index in [1.54, 1.807) is 29.2 Å². The lowest BCUT2D eigenvalue weighted by atomic mass is 10.1. The summed E-state index contributed by atoms with van der Waals surface area (Å²) in [6, 6.07) is 9.37. The summed E-state index contributed by atoms with van der Waals surface area (Å²) in [7, 11) is 0. The van der Waals surface area contributed by atoms with Gasteiger partial charge in [0.2, 0.25) is 11.8 Å². The van der Waals surface area contributed by atoms with Crippen LogP contribution < -0.4 is 15.5 Å². The summed E-state index contributed by atoms with van der Waals surface area (Å²) in [5, 5.41) is 17.9. The van der Waals surface area contributed by atoms with Gasteiger partial charge in [0.05, 0.1) is 15.0 Å². The number of halogens is 2. The first-order chi connectivity index (χ1) is 17.1. The predicted octanol–water partition coefficient (Wildman–Crippen LogP) is 3.15. The Morgan fingerprint density at radius 2 is 1.72 bits per heavy atom. The summed E-state index contributed by atoms with van der Waals surface area (Å²) >= 11 is 11.9. The van der Waals surface area contributed by atoms with E-state index in [0.717, 1.165) is 5.56 Å². The molecule has 0 radical (unpaired) electrons. The average molecular weight is 534 g/mol. The number of nitrogens with zero attached hydrogens (tertiary/aromatic N) is 3. The van der Waals surface area contributed by atoms with E-state index in [1.807, 2.05) is 4.90 Å². The van der Waals surface area contributed by atoms with E-state index < -0.39 is 16.4 Å². The number of hydrogen-bond acceptors (Lipinski definition) is 6. The van der Waals surface area contributed by atoms with Gasteiger partial charge in [-0.15, -0.1) is 0 Å². The maximum atomic E-state index is 13.2. The van der Waals surface area contributed by atoms with E-state index in [4.69, 9.17) is 23.2 Å². The second-order valence-corrected chi connectivity index (χ2v) is 9.73. The van der Waals surface area contributed by atoms with Gasteiger partial charge in [-0.05, 0) is 42.7 Å². The molecule has 2 aromatic rings. The molecular formula is C24H25Cl2N5O5. The first-order valence-corrected chi connectivity index (χ1v) is 12.2. The minimum atomic E-state index is -1.12. The highest BCUT2D eigenvalue weighted by molar-refractivity contribution is 6.42. The summed E-state index contributed by atoms with van der Waals surface area (Å²) in [5.41, 5.74) is -0.193. The van der Waals surface area contributed by atoms with Crippen molar-refractivity contribution >= 4 is 52.3 Å². The Bertz CT molecular complexity index is 1230. The number of carbonyl (C=O) groups excluding carboxylic acids is 3. The van der Waals surface area contributed by atoms with Crippen molar-refractivity contribution in [1.82, 2.24) is 15.5 Å². The molecule has 10 nitrogen and oxygen atoms in total. The van der Waals surface area contributed by atoms with Crippen LogP contribution in [-0.2, 0) is 16.1 Å². The third-order valence-electron chi connectivity index (χ3n) is 6.49. The zero-order chi connectivity index (χ0) is 26.0. The van der Waals surface area contributed by atoms with Crippen LogP contribution in [0.4, 0.5) is 11.4 Å². The topological polar surface area (TPSA) is 125 Å². The molecule has 1 aliphatic heterocycles. The number of benzene rings is 2. The lowest BCUT2D eigenvalue weighted by Crippen LogP contribution is -2.49. The van der Waals surface area contributed by atoms with Crippen LogP contribution in [0.2, 0.25) is 10.0 Å². The fourth-order valence-corrected chi connectivity index (χ4v) is 4.48. The SMILES string of the molecule is CC(=O)N1CCN(c2ccc([N+](=O)[O-])c(C(=O)NC3(C(=O)NCc4ccc(Cl)c(Cl)c4)CC3)c2)CC1. The highest BCUT2D eigenvalue weighted by Gasteiger charge is 2.51.